The molecular formula is C18H26N2O. The molecule has 0 fully saturated rings. The maximum Gasteiger partial charge on any atom is 0.122 e. The van der Waals surface area contributed by atoms with Crippen molar-refractivity contribution in [2.24, 2.45) is 0 Å². The molecule has 1 N–H and O–H groups in total. The van der Waals surface area contributed by atoms with Gasteiger partial charge in [-0.15, -0.1) is 0 Å². The van der Waals surface area contributed by atoms with Crippen molar-refractivity contribution < 1.29 is 4.42 Å². The molecule has 0 aliphatic rings. The van der Waals surface area contributed by atoms with Crippen molar-refractivity contribution in [3.63, 3.8) is 0 Å². The lowest BCUT2D eigenvalue weighted by atomic mass is 10.0. The SMILES string of the molecule is Cc1cc(C)cc(C(C)NCC(c2ccco2)N(C)C)c1. The zero-order valence-electron chi connectivity index (χ0n) is 13.7. The first-order chi connectivity index (χ1) is 9.97. The van der Waals surface area contributed by atoms with Crippen LogP contribution >= 0.6 is 0 Å². The van der Waals surface area contributed by atoms with Crippen LogP contribution in [0.25, 0.3) is 0 Å². The van der Waals surface area contributed by atoms with Crippen molar-refractivity contribution in [2.45, 2.75) is 32.9 Å². The third-order valence-electron chi connectivity index (χ3n) is 3.86. The van der Waals surface area contributed by atoms with E-state index < -0.39 is 0 Å². The summed E-state index contributed by atoms with van der Waals surface area (Å²) in [6.07, 6.45) is 1.74. The fourth-order valence-electron chi connectivity index (χ4n) is 2.68. The van der Waals surface area contributed by atoms with Gasteiger partial charge in [-0.1, -0.05) is 29.3 Å². The maximum absolute atomic E-state index is 5.55. The fraction of sp³-hybridized carbons (Fsp3) is 0.444. The number of aryl methyl sites for hydroxylation is 2. The van der Waals surface area contributed by atoms with Crippen LogP contribution in [0.2, 0.25) is 0 Å². The van der Waals surface area contributed by atoms with Crippen LogP contribution in [0.4, 0.5) is 0 Å². The van der Waals surface area contributed by atoms with Crippen molar-refractivity contribution in [3.8, 4) is 0 Å². The standard InChI is InChI=1S/C18H26N2O/c1-13-9-14(2)11-16(10-13)15(3)19-12-17(20(4)5)18-7-6-8-21-18/h6-11,15,17,19H,12H2,1-5H3. The van der Waals surface area contributed by atoms with Gasteiger partial charge in [0.05, 0.1) is 12.3 Å². The summed E-state index contributed by atoms with van der Waals surface area (Å²) in [5.74, 6) is 1.00. The fourth-order valence-corrected chi connectivity index (χ4v) is 2.68. The second-order valence-electron chi connectivity index (χ2n) is 6.05. The molecule has 0 saturated carbocycles. The Morgan fingerprint density at radius 2 is 1.81 bits per heavy atom. The lowest BCUT2D eigenvalue weighted by molar-refractivity contribution is 0.245. The van der Waals surface area contributed by atoms with Crippen LogP contribution in [0.15, 0.2) is 41.0 Å². The number of nitrogens with zero attached hydrogens (tertiary/aromatic N) is 1. The number of benzene rings is 1. The van der Waals surface area contributed by atoms with Crippen molar-refractivity contribution in [1.82, 2.24) is 10.2 Å². The van der Waals surface area contributed by atoms with E-state index in [1.165, 1.54) is 16.7 Å². The molecule has 1 aromatic carbocycles. The van der Waals surface area contributed by atoms with Crippen molar-refractivity contribution >= 4 is 0 Å². The van der Waals surface area contributed by atoms with E-state index in [9.17, 15) is 0 Å². The first kappa shape index (κ1) is 15.8. The zero-order valence-corrected chi connectivity index (χ0v) is 13.7. The first-order valence-electron chi connectivity index (χ1n) is 7.49. The van der Waals surface area contributed by atoms with Gasteiger partial charge in [-0.25, -0.2) is 0 Å². The molecule has 0 bridgehead atoms. The minimum atomic E-state index is 0.244. The Morgan fingerprint density at radius 1 is 1.14 bits per heavy atom. The Labute approximate surface area is 128 Å². The molecule has 0 amide bonds. The average Bonchev–Trinajstić information content (AvgIpc) is 2.91. The van der Waals surface area contributed by atoms with E-state index in [1.807, 2.05) is 12.1 Å². The summed E-state index contributed by atoms with van der Waals surface area (Å²) in [5, 5.41) is 3.62. The van der Waals surface area contributed by atoms with E-state index in [-0.39, 0.29) is 6.04 Å². The van der Waals surface area contributed by atoms with Gasteiger partial charge in [0, 0.05) is 12.6 Å². The predicted octanol–water partition coefficient (Wildman–Crippen LogP) is 3.85. The molecule has 0 aliphatic heterocycles. The number of furan rings is 1. The van der Waals surface area contributed by atoms with E-state index >= 15 is 0 Å². The minimum absolute atomic E-state index is 0.244. The van der Waals surface area contributed by atoms with Gasteiger partial charge in [-0.05, 0) is 52.6 Å². The van der Waals surface area contributed by atoms with E-state index in [2.05, 4.69) is 63.3 Å². The molecule has 3 heteroatoms. The van der Waals surface area contributed by atoms with Gasteiger partial charge in [-0.3, -0.25) is 4.90 Å². The van der Waals surface area contributed by atoms with Gasteiger partial charge in [0.1, 0.15) is 5.76 Å². The van der Waals surface area contributed by atoms with Gasteiger partial charge < -0.3 is 9.73 Å². The Bertz CT molecular complexity index is 540. The van der Waals surface area contributed by atoms with E-state index in [0.29, 0.717) is 6.04 Å². The maximum atomic E-state index is 5.55. The van der Waals surface area contributed by atoms with Crippen LogP contribution in [0, 0.1) is 13.8 Å². The summed E-state index contributed by atoms with van der Waals surface area (Å²) in [6, 6.07) is 11.3. The number of likely N-dealkylation sites (N-methyl/N-ethyl adjacent to an activating group) is 1. The molecule has 2 aromatic rings. The highest BCUT2D eigenvalue weighted by molar-refractivity contribution is 5.30. The normalized spacial score (nSPS) is 14.4. The second kappa shape index (κ2) is 6.92. The quantitative estimate of drug-likeness (QED) is 0.874. The Balaban J connectivity index is 2.03. The molecule has 0 radical (unpaired) electrons. The highest BCUT2D eigenvalue weighted by atomic mass is 16.3. The third kappa shape index (κ3) is 4.19. The Kier molecular flexibility index (Phi) is 5.21. The van der Waals surface area contributed by atoms with Gasteiger partial charge in [-0.2, -0.15) is 0 Å². The lowest BCUT2D eigenvalue weighted by Crippen LogP contribution is -2.32. The number of rotatable bonds is 6. The smallest absolute Gasteiger partial charge is 0.122 e. The summed E-state index contributed by atoms with van der Waals surface area (Å²) >= 11 is 0. The molecule has 2 rings (SSSR count). The molecule has 1 aromatic heterocycles. The third-order valence-corrected chi connectivity index (χ3v) is 3.86. The zero-order chi connectivity index (χ0) is 15.4. The van der Waals surface area contributed by atoms with Crippen molar-refractivity contribution in [2.75, 3.05) is 20.6 Å². The van der Waals surface area contributed by atoms with Crippen LogP contribution in [0.5, 0.6) is 0 Å². The average molecular weight is 286 g/mol. The highest BCUT2D eigenvalue weighted by Gasteiger charge is 2.18. The highest BCUT2D eigenvalue weighted by Crippen LogP contribution is 2.21. The molecule has 0 saturated heterocycles. The summed E-state index contributed by atoms with van der Waals surface area (Å²) in [4.78, 5) is 2.18. The van der Waals surface area contributed by atoms with Crippen LogP contribution in [-0.4, -0.2) is 25.5 Å². The molecule has 2 atom stereocenters. The monoisotopic (exact) mass is 286 g/mol. The molecule has 3 nitrogen and oxygen atoms in total. The van der Waals surface area contributed by atoms with Crippen molar-refractivity contribution in [1.29, 1.82) is 0 Å². The van der Waals surface area contributed by atoms with Gasteiger partial charge in [0.15, 0.2) is 0 Å². The number of hydrogen-bond acceptors (Lipinski definition) is 3. The summed E-state index contributed by atoms with van der Waals surface area (Å²) in [5.41, 5.74) is 3.96. The van der Waals surface area contributed by atoms with Crippen molar-refractivity contribution in [3.05, 3.63) is 59.0 Å². The minimum Gasteiger partial charge on any atom is -0.468 e. The molecule has 2 unspecified atom stereocenters. The molecule has 114 valence electrons. The van der Waals surface area contributed by atoms with E-state index in [1.54, 1.807) is 6.26 Å². The second-order valence-corrected chi connectivity index (χ2v) is 6.05. The van der Waals surface area contributed by atoms with Gasteiger partial charge in [0.25, 0.3) is 0 Å². The number of hydrogen-bond donors (Lipinski definition) is 1. The van der Waals surface area contributed by atoms with Crippen LogP contribution < -0.4 is 5.32 Å². The molecule has 0 aliphatic carbocycles. The van der Waals surface area contributed by atoms with Gasteiger partial charge >= 0.3 is 0 Å². The van der Waals surface area contributed by atoms with Gasteiger partial charge in [0.2, 0.25) is 0 Å². The molecular weight excluding hydrogens is 260 g/mol. The topological polar surface area (TPSA) is 28.4 Å². The Morgan fingerprint density at radius 3 is 2.33 bits per heavy atom. The van der Waals surface area contributed by atoms with Crippen LogP contribution in [0.1, 0.15) is 41.5 Å². The summed E-state index contributed by atoms with van der Waals surface area (Å²) < 4.78 is 5.55. The van der Waals surface area contributed by atoms with Crippen LogP contribution in [-0.2, 0) is 0 Å². The lowest BCUT2D eigenvalue weighted by Gasteiger charge is -2.25. The predicted molar refractivity (Wildman–Crippen MR) is 87.5 cm³/mol. The molecule has 0 spiro atoms. The largest absolute Gasteiger partial charge is 0.468 e. The summed E-state index contributed by atoms with van der Waals surface area (Å²) in [6.45, 7) is 7.36. The molecule has 21 heavy (non-hydrogen) atoms. The van der Waals surface area contributed by atoms with E-state index in [4.69, 9.17) is 4.42 Å². The van der Waals surface area contributed by atoms with E-state index in [0.717, 1.165) is 12.3 Å². The first-order valence-corrected chi connectivity index (χ1v) is 7.49. The Hall–Kier alpha value is -1.58. The number of nitrogens with one attached hydrogen (secondary N) is 1. The summed E-state index contributed by atoms with van der Waals surface area (Å²) in [7, 11) is 4.16. The van der Waals surface area contributed by atoms with Crippen LogP contribution in [0.3, 0.4) is 0 Å². The molecule has 1 heterocycles.